The van der Waals surface area contributed by atoms with Gasteiger partial charge in [0.1, 0.15) is 11.9 Å². The minimum Gasteiger partial charge on any atom is -0.368 e. The summed E-state index contributed by atoms with van der Waals surface area (Å²) in [5.74, 6) is 1.20. The molecule has 0 aliphatic carbocycles. The Morgan fingerprint density at radius 1 is 1.28 bits per heavy atom. The van der Waals surface area contributed by atoms with E-state index in [2.05, 4.69) is 19.9 Å². The Kier molecular flexibility index (Phi) is 4.89. The minimum atomic E-state index is -0.272. The van der Waals surface area contributed by atoms with Crippen LogP contribution in [0.3, 0.4) is 0 Å². The smallest absolute Gasteiger partial charge is 0.257 e. The van der Waals surface area contributed by atoms with Crippen molar-refractivity contribution in [1.29, 1.82) is 0 Å². The average Bonchev–Trinajstić information content (AvgIpc) is 2.61. The highest BCUT2D eigenvalue weighted by Gasteiger charge is 2.28. The van der Waals surface area contributed by atoms with Crippen molar-refractivity contribution in [3.8, 4) is 0 Å². The highest BCUT2D eigenvalue weighted by molar-refractivity contribution is 5.95. The van der Waals surface area contributed by atoms with Gasteiger partial charge in [0.2, 0.25) is 5.95 Å². The lowest BCUT2D eigenvalue weighted by Crippen LogP contribution is -2.42. The van der Waals surface area contributed by atoms with Crippen molar-refractivity contribution in [2.24, 2.45) is 0 Å². The molecule has 0 radical (unpaired) electrons. The quantitative estimate of drug-likeness (QED) is 0.827. The molecule has 1 aliphatic heterocycles. The first kappa shape index (κ1) is 17.2. The van der Waals surface area contributed by atoms with E-state index in [1.807, 2.05) is 38.9 Å². The van der Waals surface area contributed by atoms with Crippen LogP contribution in [0.4, 0.5) is 5.95 Å². The fourth-order valence-corrected chi connectivity index (χ4v) is 2.73. The fraction of sp³-hybridized carbons (Fsp3) is 0.471. The fourth-order valence-electron chi connectivity index (χ4n) is 2.73. The van der Waals surface area contributed by atoms with Gasteiger partial charge in [0.25, 0.3) is 5.91 Å². The molecular formula is C17H22N6O2. The molecular weight excluding hydrogens is 320 g/mol. The van der Waals surface area contributed by atoms with Gasteiger partial charge in [-0.25, -0.2) is 19.9 Å². The van der Waals surface area contributed by atoms with Crippen molar-refractivity contribution < 1.29 is 9.53 Å². The van der Waals surface area contributed by atoms with Crippen LogP contribution in [0.1, 0.15) is 33.7 Å². The van der Waals surface area contributed by atoms with Gasteiger partial charge < -0.3 is 14.5 Å². The molecule has 1 amide bonds. The lowest BCUT2D eigenvalue weighted by molar-refractivity contribution is -0.0248. The summed E-state index contributed by atoms with van der Waals surface area (Å²) in [6.45, 7) is 5.07. The molecule has 132 valence electrons. The summed E-state index contributed by atoms with van der Waals surface area (Å²) in [5, 5.41) is 0. The molecule has 2 aromatic rings. The average molecular weight is 342 g/mol. The van der Waals surface area contributed by atoms with Crippen molar-refractivity contribution in [3.63, 3.8) is 0 Å². The first-order chi connectivity index (χ1) is 12.0. The van der Waals surface area contributed by atoms with E-state index < -0.39 is 0 Å². The number of hydrogen-bond acceptors (Lipinski definition) is 7. The molecule has 3 heterocycles. The Hall–Kier alpha value is -2.61. The van der Waals surface area contributed by atoms with Crippen molar-refractivity contribution >= 4 is 11.9 Å². The van der Waals surface area contributed by atoms with Crippen LogP contribution in [-0.2, 0) is 4.74 Å². The molecule has 8 heteroatoms. The van der Waals surface area contributed by atoms with Crippen LogP contribution in [0.2, 0.25) is 0 Å². The lowest BCUT2D eigenvalue weighted by Gasteiger charge is -2.33. The van der Waals surface area contributed by atoms with Gasteiger partial charge in [-0.05, 0) is 19.9 Å². The first-order valence-electron chi connectivity index (χ1n) is 8.17. The van der Waals surface area contributed by atoms with Crippen LogP contribution in [0.5, 0.6) is 0 Å². The molecule has 1 aliphatic rings. The van der Waals surface area contributed by atoms with E-state index in [-0.39, 0.29) is 12.0 Å². The Balaban J connectivity index is 1.79. The number of aryl methyl sites for hydroxylation is 2. The van der Waals surface area contributed by atoms with Gasteiger partial charge in [0.05, 0.1) is 30.1 Å². The van der Waals surface area contributed by atoms with Crippen molar-refractivity contribution in [3.05, 3.63) is 41.2 Å². The third kappa shape index (κ3) is 3.74. The summed E-state index contributed by atoms with van der Waals surface area (Å²) < 4.78 is 5.83. The molecule has 0 unspecified atom stereocenters. The Labute approximate surface area is 146 Å². The summed E-state index contributed by atoms with van der Waals surface area (Å²) in [7, 11) is 3.77. The van der Waals surface area contributed by atoms with Crippen LogP contribution in [0.25, 0.3) is 0 Å². The number of hydrogen-bond donors (Lipinski definition) is 0. The summed E-state index contributed by atoms with van der Waals surface area (Å²) in [4.78, 5) is 33.6. The van der Waals surface area contributed by atoms with Crippen molar-refractivity contribution in [2.75, 3.05) is 38.7 Å². The summed E-state index contributed by atoms with van der Waals surface area (Å²) in [6, 6.07) is 1.83. The number of anilines is 1. The zero-order valence-corrected chi connectivity index (χ0v) is 14.9. The van der Waals surface area contributed by atoms with Gasteiger partial charge in [0.15, 0.2) is 0 Å². The molecule has 0 saturated carbocycles. The molecule has 0 spiro atoms. The number of aromatic nitrogens is 4. The number of amides is 1. The molecule has 1 atom stereocenters. The van der Waals surface area contributed by atoms with Gasteiger partial charge in [-0.2, -0.15) is 0 Å². The van der Waals surface area contributed by atoms with E-state index >= 15 is 0 Å². The van der Waals surface area contributed by atoms with E-state index in [9.17, 15) is 4.79 Å². The number of rotatable bonds is 3. The number of nitrogens with zero attached hydrogens (tertiary/aromatic N) is 6. The first-order valence-corrected chi connectivity index (χ1v) is 8.17. The number of morpholine rings is 1. The molecule has 0 bridgehead atoms. The van der Waals surface area contributed by atoms with Crippen LogP contribution in [-0.4, -0.2) is 64.5 Å². The number of carbonyl (C=O) groups is 1. The maximum Gasteiger partial charge on any atom is 0.257 e. The van der Waals surface area contributed by atoms with Gasteiger partial charge in [-0.15, -0.1) is 0 Å². The number of ether oxygens (including phenoxy) is 1. The molecule has 1 fully saturated rings. The zero-order valence-electron chi connectivity index (χ0n) is 14.9. The van der Waals surface area contributed by atoms with Gasteiger partial charge >= 0.3 is 0 Å². The predicted octanol–water partition coefficient (Wildman–Crippen LogP) is 1.16. The predicted molar refractivity (Wildman–Crippen MR) is 92.5 cm³/mol. The van der Waals surface area contributed by atoms with E-state index in [4.69, 9.17) is 4.74 Å². The summed E-state index contributed by atoms with van der Waals surface area (Å²) in [6.07, 6.45) is 3.03. The number of carbonyl (C=O) groups excluding carboxylic acids is 1. The SMILES string of the molecule is Cc1ncc(C(=O)N2CCO[C@H](c3ccnc(N(C)C)n3)C2)c(C)n1. The van der Waals surface area contributed by atoms with Crippen LogP contribution >= 0.6 is 0 Å². The van der Waals surface area contributed by atoms with E-state index in [1.54, 1.807) is 17.3 Å². The van der Waals surface area contributed by atoms with Gasteiger partial charge in [0, 0.05) is 33.0 Å². The highest BCUT2D eigenvalue weighted by atomic mass is 16.5. The highest BCUT2D eigenvalue weighted by Crippen LogP contribution is 2.23. The molecule has 25 heavy (non-hydrogen) atoms. The van der Waals surface area contributed by atoms with Crippen molar-refractivity contribution in [1.82, 2.24) is 24.8 Å². The second-order valence-corrected chi connectivity index (χ2v) is 6.20. The largest absolute Gasteiger partial charge is 0.368 e. The summed E-state index contributed by atoms with van der Waals surface area (Å²) in [5.41, 5.74) is 1.99. The second-order valence-electron chi connectivity index (χ2n) is 6.20. The van der Waals surface area contributed by atoms with Crippen LogP contribution in [0.15, 0.2) is 18.5 Å². The molecule has 3 rings (SSSR count). The molecule has 1 saturated heterocycles. The van der Waals surface area contributed by atoms with E-state index in [0.717, 1.165) is 5.69 Å². The van der Waals surface area contributed by atoms with E-state index in [1.165, 1.54) is 0 Å². The van der Waals surface area contributed by atoms with Crippen LogP contribution < -0.4 is 4.90 Å². The summed E-state index contributed by atoms with van der Waals surface area (Å²) >= 11 is 0. The topological polar surface area (TPSA) is 84.3 Å². The Morgan fingerprint density at radius 2 is 2.08 bits per heavy atom. The normalized spacial score (nSPS) is 17.4. The molecule has 8 nitrogen and oxygen atoms in total. The van der Waals surface area contributed by atoms with Gasteiger partial charge in [-0.1, -0.05) is 0 Å². The Bertz CT molecular complexity index is 779. The Morgan fingerprint density at radius 3 is 2.80 bits per heavy atom. The molecule has 0 aromatic carbocycles. The van der Waals surface area contributed by atoms with Crippen LogP contribution in [0, 0.1) is 13.8 Å². The standard InChI is InChI=1S/C17H22N6O2/c1-11-13(9-19-12(2)20-11)16(24)23-7-8-25-15(10-23)14-5-6-18-17(21-14)22(3)4/h5-6,9,15H,7-8,10H2,1-4H3/t15-/m0/s1. The minimum absolute atomic E-state index is 0.0762. The van der Waals surface area contributed by atoms with E-state index in [0.29, 0.717) is 42.7 Å². The molecule has 0 N–H and O–H groups in total. The maximum absolute atomic E-state index is 12.8. The van der Waals surface area contributed by atoms with Crippen molar-refractivity contribution in [2.45, 2.75) is 20.0 Å². The maximum atomic E-state index is 12.8. The third-order valence-electron chi connectivity index (χ3n) is 4.08. The lowest BCUT2D eigenvalue weighted by atomic mass is 10.1. The van der Waals surface area contributed by atoms with Gasteiger partial charge in [-0.3, -0.25) is 4.79 Å². The monoisotopic (exact) mass is 342 g/mol. The second kappa shape index (κ2) is 7.10. The zero-order chi connectivity index (χ0) is 18.0. The third-order valence-corrected chi connectivity index (χ3v) is 4.08. The molecule has 2 aromatic heterocycles.